The molecule has 3 nitrogen and oxygen atoms in total. The lowest BCUT2D eigenvalue weighted by Crippen LogP contribution is -1.91. The minimum atomic E-state index is 0.180. The van der Waals surface area contributed by atoms with Gasteiger partial charge in [0.05, 0.1) is 16.3 Å². The van der Waals surface area contributed by atoms with Crippen molar-refractivity contribution < 1.29 is 0 Å². The summed E-state index contributed by atoms with van der Waals surface area (Å²) in [5.74, 6) is 0. The summed E-state index contributed by atoms with van der Waals surface area (Å²) >= 11 is 11.6. The molecule has 0 unspecified atom stereocenters. The lowest BCUT2D eigenvalue weighted by molar-refractivity contribution is 1.26. The highest BCUT2D eigenvalue weighted by molar-refractivity contribution is 6.41. The van der Waals surface area contributed by atoms with Crippen molar-refractivity contribution in [2.75, 3.05) is 0 Å². The highest BCUT2D eigenvalue weighted by atomic mass is 35.5. The molecule has 0 N–H and O–H groups in total. The van der Waals surface area contributed by atoms with Crippen LogP contribution in [-0.2, 0) is 0 Å². The van der Waals surface area contributed by atoms with Crippen LogP contribution in [0.15, 0.2) is 30.6 Å². The number of hydrogen-bond donors (Lipinski definition) is 0. The second kappa shape index (κ2) is 4.48. The van der Waals surface area contributed by atoms with Gasteiger partial charge in [-0.25, -0.2) is 4.98 Å². The molecule has 0 saturated carbocycles. The summed E-state index contributed by atoms with van der Waals surface area (Å²) in [7, 11) is 0. The van der Waals surface area contributed by atoms with Gasteiger partial charge in [-0.05, 0) is 18.2 Å². The van der Waals surface area contributed by atoms with Crippen molar-refractivity contribution in [3.8, 4) is 17.3 Å². The topological polar surface area (TPSA) is 49.6 Å². The standard InChI is InChI=1S/C11H5Cl2N3/c12-9-4-8(5-14)10(16-11(9)13)7-2-1-3-15-6-7/h1-4,6H. The maximum absolute atomic E-state index is 8.98. The van der Waals surface area contributed by atoms with E-state index in [0.717, 1.165) is 5.56 Å². The third-order valence-corrected chi connectivity index (χ3v) is 2.66. The van der Waals surface area contributed by atoms with Crippen molar-refractivity contribution in [3.63, 3.8) is 0 Å². The Kier molecular flexibility index (Phi) is 3.04. The van der Waals surface area contributed by atoms with Crippen LogP contribution >= 0.6 is 23.2 Å². The van der Waals surface area contributed by atoms with E-state index in [9.17, 15) is 0 Å². The van der Waals surface area contributed by atoms with Crippen molar-refractivity contribution in [3.05, 3.63) is 46.3 Å². The molecule has 0 saturated heterocycles. The molecular formula is C11H5Cl2N3. The van der Waals surface area contributed by atoms with E-state index in [-0.39, 0.29) is 10.2 Å². The van der Waals surface area contributed by atoms with Crippen LogP contribution < -0.4 is 0 Å². The summed E-state index contributed by atoms with van der Waals surface area (Å²) in [4.78, 5) is 8.05. The summed E-state index contributed by atoms with van der Waals surface area (Å²) in [6.07, 6.45) is 3.26. The van der Waals surface area contributed by atoms with Crippen LogP contribution in [0, 0.1) is 11.3 Å². The first-order chi connectivity index (χ1) is 7.72. The van der Waals surface area contributed by atoms with Gasteiger partial charge in [-0.3, -0.25) is 4.98 Å². The van der Waals surface area contributed by atoms with Crippen molar-refractivity contribution in [1.29, 1.82) is 5.26 Å². The highest BCUT2D eigenvalue weighted by Crippen LogP contribution is 2.27. The van der Waals surface area contributed by atoms with Crippen molar-refractivity contribution >= 4 is 23.2 Å². The highest BCUT2D eigenvalue weighted by Gasteiger charge is 2.10. The first-order valence-electron chi connectivity index (χ1n) is 4.39. The zero-order valence-corrected chi connectivity index (χ0v) is 9.50. The molecule has 0 bridgehead atoms. The fourth-order valence-electron chi connectivity index (χ4n) is 1.27. The Morgan fingerprint density at radius 1 is 1.31 bits per heavy atom. The zero-order valence-electron chi connectivity index (χ0n) is 7.98. The minimum absolute atomic E-state index is 0.180. The van der Waals surface area contributed by atoms with E-state index in [1.165, 1.54) is 6.07 Å². The molecule has 0 fully saturated rings. The molecule has 0 aliphatic rings. The number of halogens is 2. The van der Waals surface area contributed by atoms with E-state index >= 15 is 0 Å². The first-order valence-corrected chi connectivity index (χ1v) is 5.14. The lowest BCUT2D eigenvalue weighted by Gasteiger charge is -2.04. The molecule has 2 aromatic heterocycles. The van der Waals surface area contributed by atoms with Crippen LogP contribution in [0.1, 0.15) is 5.56 Å². The van der Waals surface area contributed by atoms with E-state index in [4.69, 9.17) is 28.5 Å². The van der Waals surface area contributed by atoms with E-state index < -0.39 is 0 Å². The van der Waals surface area contributed by atoms with Gasteiger partial charge in [0.1, 0.15) is 11.2 Å². The van der Waals surface area contributed by atoms with E-state index in [1.807, 2.05) is 6.07 Å². The number of aromatic nitrogens is 2. The van der Waals surface area contributed by atoms with Crippen LogP contribution in [0.25, 0.3) is 11.3 Å². The van der Waals surface area contributed by atoms with Crippen molar-refractivity contribution in [2.45, 2.75) is 0 Å². The summed E-state index contributed by atoms with van der Waals surface area (Å²) in [6.45, 7) is 0. The summed E-state index contributed by atoms with van der Waals surface area (Å²) < 4.78 is 0. The number of hydrogen-bond acceptors (Lipinski definition) is 3. The monoisotopic (exact) mass is 249 g/mol. The Labute approximate surface area is 102 Å². The largest absolute Gasteiger partial charge is 0.264 e. The van der Waals surface area contributed by atoms with Crippen LogP contribution in [0.5, 0.6) is 0 Å². The van der Waals surface area contributed by atoms with Crippen LogP contribution in [0.4, 0.5) is 0 Å². The van der Waals surface area contributed by atoms with E-state index in [2.05, 4.69) is 9.97 Å². The molecule has 2 aromatic rings. The van der Waals surface area contributed by atoms with Crippen LogP contribution in [-0.4, -0.2) is 9.97 Å². The Morgan fingerprint density at radius 2 is 2.12 bits per heavy atom. The van der Waals surface area contributed by atoms with Crippen LogP contribution in [0.3, 0.4) is 0 Å². The number of rotatable bonds is 1. The van der Waals surface area contributed by atoms with Gasteiger partial charge in [0.2, 0.25) is 0 Å². The van der Waals surface area contributed by atoms with Gasteiger partial charge in [0.25, 0.3) is 0 Å². The SMILES string of the molecule is N#Cc1cc(Cl)c(Cl)nc1-c1cccnc1. The van der Waals surface area contributed by atoms with E-state index in [1.54, 1.807) is 24.5 Å². The molecule has 0 aliphatic heterocycles. The molecule has 0 radical (unpaired) electrons. The lowest BCUT2D eigenvalue weighted by atomic mass is 10.1. The van der Waals surface area contributed by atoms with Gasteiger partial charge in [-0.2, -0.15) is 5.26 Å². The normalized spacial score (nSPS) is 9.81. The molecule has 0 spiro atoms. The van der Waals surface area contributed by atoms with E-state index in [0.29, 0.717) is 11.3 Å². The number of pyridine rings is 2. The Balaban J connectivity index is 2.66. The maximum atomic E-state index is 8.98. The third kappa shape index (κ3) is 1.99. The summed E-state index contributed by atoms with van der Waals surface area (Å²) in [6, 6.07) is 7.10. The predicted molar refractivity (Wildman–Crippen MR) is 62.2 cm³/mol. The van der Waals surface area contributed by atoms with Gasteiger partial charge in [0, 0.05) is 18.0 Å². The average molecular weight is 250 g/mol. The summed E-state index contributed by atoms with van der Waals surface area (Å²) in [5, 5.41) is 9.43. The van der Waals surface area contributed by atoms with Gasteiger partial charge in [0.15, 0.2) is 0 Å². The van der Waals surface area contributed by atoms with Crippen molar-refractivity contribution in [2.24, 2.45) is 0 Å². The fraction of sp³-hybridized carbons (Fsp3) is 0. The number of nitrogens with zero attached hydrogens (tertiary/aromatic N) is 3. The second-order valence-electron chi connectivity index (χ2n) is 3.01. The quantitative estimate of drug-likeness (QED) is 0.729. The Morgan fingerprint density at radius 3 is 2.75 bits per heavy atom. The average Bonchev–Trinajstić information content (AvgIpc) is 2.33. The molecule has 5 heteroatoms. The molecular weight excluding hydrogens is 245 g/mol. The van der Waals surface area contributed by atoms with Crippen molar-refractivity contribution in [1.82, 2.24) is 9.97 Å². The molecule has 2 heterocycles. The van der Waals surface area contributed by atoms with Gasteiger partial charge in [-0.15, -0.1) is 0 Å². The molecule has 78 valence electrons. The third-order valence-electron chi connectivity index (χ3n) is 1.99. The predicted octanol–water partition coefficient (Wildman–Crippen LogP) is 3.32. The smallest absolute Gasteiger partial charge is 0.148 e. The molecule has 0 aromatic carbocycles. The Hall–Kier alpha value is -1.63. The van der Waals surface area contributed by atoms with Gasteiger partial charge >= 0.3 is 0 Å². The van der Waals surface area contributed by atoms with Crippen LogP contribution in [0.2, 0.25) is 10.2 Å². The maximum Gasteiger partial charge on any atom is 0.148 e. The molecule has 16 heavy (non-hydrogen) atoms. The molecule has 0 aliphatic carbocycles. The molecule has 0 amide bonds. The van der Waals surface area contributed by atoms with Gasteiger partial charge in [-0.1, -0.05) is 23.2 Å². The minimum Gasteiger partial charge on any atom is -0.264 e. The first kappa shape index (κ1) is 10.9. The number of nitriles is 1. The second-order valence-corrected chi connectivity index (χ2v) is 3.78. The molecule has 0 atom stereocenters. The fourth-order valence-corrected chi connectivity index (χ4v) is 1.56. The Bertz CT molecular complexity index is 561. The zero-order chi connectivity index (χ0) is 11.5. The summed E-state index contributed by atoms with van der Waals surface area (Å²) in [5.41, 5.74) is 1.60. The van der Waals surface area contributed by atoms with Gasteiger partial charge < -0.3 is 0 Å². The molecule has 2 rings (SSSR count).